The molecule has 0 saturated heterocycles. The van der Waals surface area contributed by atoms with E-state index in [9.17, 15) is 0 Å². The van der Waals surface area contributed by atoms with Gasteiger partial charge in [-0.05, 0) is 55.7 Å². The number of ether oxygens (including phenoxy) is 1. The molecule has 1 aliphatic carbocycles. The Hall–Kier alpha value is -0.630. The van der Waals surface area contributed by atoms with E-state index in [2.05, 4.69) is 44.7 Å². The lowest BCUT2D eigenvalue weighted by Gasteiger charge is -2.35. The van der Waals surface area contributed by atoms with Crippen LogP contribution in [0.4, 0.5) is 0 Å². The van der Waals surface area contributed by atoms with Crippen LogP contribution >= 0.6 is 12.6 Å². The van der Waals surface area contributed by atoms with Crippen molar-refractivity contribution >= 4 is 12.6 Å². The van der Waals surface area contributed by atoms with E-state index in [0.29, 0.717) is 5.41 Å². The summed E-state index contributed by atoms with van der Waals surface area (Å²) < 4.78 is 6.03. The molecule has 2 heteroatoms. The van der Waals surface area contributed by atoms with Crippen molar-refractivity contribution in [3.63, 3.8) is 0 Å². The first-order valence-electron chi connectivity index (χ1n) is 6.96. The molecule has 1 aliphatic rings. The quantitative estimate of drug-likeness (QED) is 0.784. The summed E-state index contributed by atoms with van der Waals surface area (Å²) in [5, 5.41) is 0. The van der Waals surface area contributed by atoms with Crippen molar-refractivity contribution in [2.75, 3.05) is 12.4 Å². The van der Waals surface area contributed by atoms with Crippen molar-refractivity contribution in [3.8, 4) is 5.75 Å². The third-order valence-corrected chi connectivity index (χ3v) is 4.94. The molecule has 0 unspecified atom stereocenters. The van der Waals surface area contributed by atoms with E-state index in [-0.39, 0.29) is 0 Å². The van der Waals surface area contributed by atoms with Gasteiger partial charge in [-0.2, -0.15) is 12.6 Å². The molecule has 0 atom stereocenters. The zero-order valence-electron chi connectivity index (χ0n) is 11.5. The maximum absolute atomic E-state index is 6.03. The predicted octanol–water partition coefficient (Wildman–Crippen LogP) is 4.56. The number of hydrogen-bond acceptors (Lipinski definition) is 2. The molecule has 0 N–H and O–H groups in total. The van der Waals surface area contributed by atoms with Gasteiger partial charge in [0.05, 0.1) is 6.61 Å². The highest BCUT2D eigenvalue weighted by Crippen LogP contribution is 2.37. The Bertz CT molecular complexity index is 394. The summed E-state index contributed by atoms with van der Waals surface area (Å²) in [6.07, 6.45) is 6.57. The summed E-state index contributed by atoms with van der Waals surface area (Å²) in [6, 6.07) is 6.36. The molecule has 1 aromatic rings. The Kier molecular flexibility index (Phi) is 4.60. The summed E-state index contributed by atoms with van der Waals surface area (Å²) >= 11 is 4.55. The summed E-state index contributed by atoms with van der Waals surface area (Å²) in [7, 11) is 0. The molecule has 100 valence electrons. The molecule has 0 bridgehead atoms. The van der Waals surface area contributed by atoms with Crippen LogP contribution in [0.2, 0.25) is 0 Å². The van der Waals surface area contributed by atoms with Crippen molar-refractivity contribution < 1.29 is 4.74 Å². The minimum Gasteiger partial charge on any atom is -0.493 e. The fourth-order valence-corrected chi connectivity index (χ4v) is 3.10. The maximum atomic E-state index is 6.03. The van der Waals surface area contributed by atoms with Gasteiger partial charge in [-0.15, -0.1) is 0 Å². The monoisotopic (exact) mass is 264 g/mol. The molecule has 0 spiro atoms. The van der Waals surface area contributed by atoms with Gasteiger partial charge in [0.15, 0.2) is 0 Å². The van der Waals surface area contributed by atoms with E-state index in [1.165, 1.54) is 43.2 Å². The first-order valence-corrected chi connectivity index (χ1v) is 7.59. The van der Waals surface area contributed by atoms with Crippen molar-refractivity contribution in [1.29, 1.82) is 0 Å². The van der Waals surface area contributed by atoms with Gasteiger partial charge in [-0.1, -0.05) is 25.3 Å². The Morgan fingerprint density at radius 1 is 1.11 bits per heavy atom. The van der Waals surface area contributed by atoms with E-state index < -0.39 is 0 Å². The van der Waals surface area contributed by atoms with Crippen molar-refractivity contribution in [1.82, 2.24) is 0 Å². The predicted molar refractivity (Wildman–Crippen MR) is 80.8 cm³/mol. The second-order valence-corrected chi connectivity index (χ2v) is 6.07. The van der Waals surface area contributed by atoms with E-state index in [4.69, 9.17) is 4.74 Å². The minimum absolute atomic E-state index is 0.306. The number of aryl methyl sites for hydroxylation is 2. The number of rotatable bonds is 4. The smallest absolute Gasteiger partial charge is 0.119 e. The van der Waals surface area contributed by atoms with Gasteiger partial charge in [-0.3, -0.25) is 0 Å². The second kappa shape index (κ2) is 6.01. The molecule has 18 heavy (non-hydrogen) atoms. The SMILES string of the molecule is Cc1ccc(OCC2(CS)CCCCC2)cc1C. The van der Waals surface area contributed by atoms with E-state index in [1.54, 1.807) is 0 Å². The average Bonchev–Trinajstić information content (AvgIpc) is 2.41. The molecule has 1 saturated carbocycles. The van der Waals surface area contributed by atoms with Crippen LogP contribution in [0.25, 0.3) is 0 Å². The van der Waals surface area contributed by atoms with E-state index in [0.717, 1.165) is 18.1 Å². The third-order valence-electron chi connectivity index (χ3n) is 4.27. The zero-order chi connectivity index (χ0) is 13.0. The first kappa shape index (κ1) is 13.8. The second-order valence-electron chi connectivity index (χ2n) is 5.75. The molecule has 0 amide bonds. The highest BCUT2D eigenvalue weighted by atomic mass is 32.1. The van der Waals surface area contributed by atoms with Crippen molar-refractivity contribution in [3.05, 3.63) is 29.3 Å². The fourth-order valence-electron chi connectivity index (χ4n) is 2.69. The standard InChI is InChI=1S/C16H24OS/c1-13-6-7-15(10-14(13)2)17-11-16(12-18)8-4-3-5-9-16/h6-7,10,18H,3-5,8-9,11-12H2,1-2H3. The van der Waals surface area contributed by atoms with Crippen molar-refractivity contribution in [2.45, 2.75) is 46.0 Å². The minimum atomic E-state index is 0.306. The Morgan fingerprint density at radius 2 is 1.83 bits per heavy atom. The topological polar surface area (TPSA) is 9.23 Å². The van der Waals surface area contributed by atoms with Crippen LogP contribution in [0, 0.1) is 19.3 Å². The Balaban J connectivity index is 1.98. The highest BCUT2D eigenvalue weighted by molar-refractivity contribution is 7.80. The Morgan fingerprint density at radius 3 is 2.44 bits per heavy atom. The number of benzene rings is 1. The average molecular weight is 264 g/mol. The van der Waals surface area contributed by atoms with Gasteiger partial charge >= 0.3 is 0 Å². The molecule has 0 aliphatic heterocycles. The molecule has 1 fully saturated rings. The van der Waals surface area contributed by atoms with Gasteiger partial charge in [0.1, 0.15) is 5.75 Å². The van der Waals surface area contributed by atoms with Gasteiger partial charge in [0, 0.05) is 5.41 Å². The summed E-state index contributed by atoms with van der Waals surface area (Å²) in [6.45, 7) is 5.09. The lowest BCUT2D eigenvalue weighted by atomic mass is 9.76. The van der Waals surface area contributed by atoms with Gasteiger partial charge in [-0.25, -0.2) is 0 Å². The maximum Gasteiger partial charge on any atom is 0.119 e. The normalized spacial score (nSPS) is 18.6. The fraction of sp³-hybridized carbons (Fsp3) is 0.625. The van der Waals surface area contributed by atoms with Crippen LogP contribution in [0.5, 0.6) is 5.75 Å². The molecule has 2 rings (SSSR count). The largest absolute Gasteiger partial charge is 0.493 e. The zero-order valence-corrected chi connectivity index (χ0v) is 12.4. The van der Waals surface area contributed by atoms with Crippen LogP contribution in [-0.4, -0.2) is 12.4 Å². The van der Waals surface area contributed by atoms with Crippen LogP contribution in [0.3, 0.4) is 0 Å². The van der Waals surface area contributed by atoms with E-state index in [1.807, 2.05) is 0 Å². The van der Waals surface area contributed by atoms with Crippen LogP contribution in [0.1, 0.15) is 43.2 Å². The summed E-state index contributed by atoms with van der Waals surface area (Å²) in [4.78, 5) is 0. The summed E-state index contributed by atoms with van der Waals surface area (Å²) in [5.74, 6) is 1.95. The Labute approximate surface area is 116 Å². The molecule has 1 nitrogen and oxygen atoms in total. The van der Waals surface area contributed by atoms with Gasteiger partial charge in [0.25, 0.3) is 0 Å². The van der Waals surface area contributed by atoms with Gasteiger partial charge in [0.2, 0.25) is 0 Å². The molecule has 0 aromatic heterocycles. The summed E-state index contributed by atoms with van der Waals surface area (Å²) in [5.41, 5.74) is 2.93. The van der Waals surface area contributed by atoms with Crippen LogP contribution < -0.4 is 4.74 Å². The highest BCUT2D eigenvalue weighted by Gasteiger charge is 2.31. The lowest BCUT2D eigenvalue weighted by molar-refractivity contribution is 0.121. The van der Waals surface area contributed by atoms with Crippen LogP contribution in [-0.2, 0) is 0 Å². The molecular weight excluding hydrogens is 240 g/mol. The number of hydrogen-bond donors (Lipinski definition) is 1. The molecule has 0 heterocycles. The molecular formula is C16H24OS. The molecule has 0 radical (unpaired) electrons. The lowest BCUT2D eigenvalue weighted by Crippen LogP contribution is -2.32. The van der Waals surface area contributed by atoms with Crippen molar-refractivity contribution in [2.24, 2.45) is 5.41 Å². The third kappa shape index (κ3) is 3.23. The first-order chi connectivity index (χ1) is 8.65. The molecule has 1 aromatic carbocycles. The van der Waals surface area contributed by atoms with E-state index >= 15 is 0 Å². The number of thiol groups is 1. The van der Waals surface area contributed by atoms with Crippen LogP contribution in [0.15, 0.2) is 18.2 Å². The van der Waals surface area contributed by atoms with Gasteiger partial charge < -0.3 is 4.74 Å².